The van der Waals surface area contributed by atoms with Crippen LogP contribution in [0, 0.1) is 0 Å². The van der Waals surface area contributed by atoms with Gasteiger partial charge in [-0.15, -0.1) is 11.3 Å². The monoisotopic (exact) mass is 393 g/mol. The molecule has 26 heavy (non-hydrogen) atoms. The van der Waals surface area contributed by atoms with Crippen molar-refractivity contribution in [1.29, 1.82) is 0 Å². The maximum atomic E-state index is 11.7. The number of nitrogens with zero attached hydrogens (tertiary/aromatic N) is 2. The van der Waals surface area contributed by atoms with Crippen LogP contribution in [0.25, 0.3) is 21.0 Å². The second kappa shape index (κ2) is 8.30. The number of furan rings is 1. The first-order valence-corrected chi connectivity index (χ1v) is 11.0. The molecule has 3 rings (SSSR count). The van der Waals surface area contributed by atoms with Gasteiger partial charge in [0.15, 0.2) is 10.8 Å². The standard InChI is InChI=1S/C18H23N3O3S2/c1-3-26(22,23)21(2)12-6-11-19-13-14-9-10-16(24-14)18-20-15-7-4-5-8-17(15)25-18/h4-5,7-10,19H,3,6,11-13H2,1-2H3. The number of hydrogen-bond acceptors (Lipinski definition) is 6. The third-order valence-electron chi connectivity index (χ3n) is 4.13. The van der Waals surface area contributed by atoms with Gasteiger partial charge in [0, 0.05) is 13.6 Å². The van der Waals surface area contributed by atoms with Crippen molar-refractivity contribution in [2.45, 2.75) is 19.9 Å². The van der Waals surface area contributed by atoms with E-state index in [0.29, 0.717) is 13.1 Å². The summed E-state index contributed by atoms with van der Waals surface area (Å²) in [7, 11) is -1.47. The lowest BCUT2D eigenvalue weighted by atomic mass is 10.3. The van der Waals surface area contributed by atoms with Gasteiger partial charge in [0.05, 0.1) is 22.5 Å². The van der Waals surface area contributed by atoms with E-state index in [4.69, 9.17) is 4.42 Å². The van der Waals surface area contributed by atoms with Crippen molar-refractivity contribution in [2.75, 3.05) is 25.9 Å². The Balaban J connectivity index is 1.48. The van der Waals surface area contributed by atoms with Gasteiger partial charge in [0.1, 0.15) is 5.76 Å². The van der Waals surface area contributed by atoms with Crippen molar-refractivity contribution in [3.63, 3.8) is 0 Å². The zero-order valence-corrected chi connectivity index (χ0v) is 16.6. The smallest absolute Gasteiger partial charge is 0.213 e. The number of sulfonamides is 1. The Bertz CT molecular complexity index is 930. The fourth-order valence-corrected chi connectivity index (χ4v) is 4.34. The average molecular weight is 394 g/mol. The molecule has 140 valence electrons. The van der Waals surface area contributed by atoms with Crippen molar-refractivity contribution < 1.29 is 12.8 Å². The molecule has 0 saturated carbocycles. The van der Waals surface area contributed by atoms with Crippen LogP contribution >= 0.6 is 11.3 Å². The van der Waals surface area contributed by atoms with Crippen LogP contribution in [0.3, 0.4) is 0 Å². The van der Waals surface area contributed by atoms with Crippen LogP contribution in [0.5, 0.6) is 0 Å². The second-order valence-corrected chi connectivity index (χ2v) is 9.40. The molecule has 0 aliphatic rings. The van der Waals surface area contributed by atoms with Crippen LogP contribution in [-0.4, -0.2) is 43.6 Å². The Kier molecular flexibility index (Phi) is 6.08. The van der Waals surface area contributed by atoms with Crippen molar-refractivity contribution in [3.05, 3.63) is 42.2 Å². The van der Waals surface area contributed by atoms with E-state index in [0.717, 1.165) is 39.7 Å². The Hall–Kier alpha value is -1.74. The van der Waals surface area contributed by atoms with E-state index in [2.05, 4.69) is 16.4 Å². The van der Waals surface area contributed by atoms with E-state index in [-0.39, 0.29) is 5.75 Å². The molecule has 2 heterocycles. The zero-order chi connectivity index (χ0) is 18.6. The van der Waals surface area contributed by atoms with Crippen molar-refractivity contribution in [1.82, 2.24) is 14.6 Å². The first-order chi connectivity index (χ1) is 12.5. The number of benzene rings is 1. The zero-order valence-electron chi connectivity index (χ0n) is 14.9. The van der Waals surface area contributed by atoms with Gasteiger partial charge in [0.2, 0.25) is 10.0 Å². The molecule has 8 heteroatoms. The van der Waals surface area contributed by atoms with Gasteiger partial charge < -0.3 is 9.73 Å². The quantitative estimate of drug-likeness (QED) is 0.565. The highest BCUT2D eigenvalue weighted by Gasteiger charge is 2.14. The molecule has 0 atom stereocenters. The molecule has 0 spiro atoms. The SMILES string of the molecule is CCS(=O)(=O)N(C)CCCNCc1ccc(-c2nc3ccccc3s2)o1. The number of para-hydroxylation sites is 1. The summed E-state index contributed by atoms with van der Waals surface area (Å²) in [5, 5.41) is 4.16. The topological polar surface area (TPSA) is 75.4 Å². The molecular weight excluding hydrogens is 370 g/mol. The molecule has 6 nitrogen and oxygen atoms in total. The van der Waals surface area contributed by atoms with E-state index < -0.39 is 10.0 Å². The molecule has 1 N–H and O–H groups in total. The van der Waals surface area contributed by atoms with Gasteiger partial charge in [-0.05, 0) is 44.2 Å². The predicted octanol–water partition coefficient (Wildman–Crippen LogP) is 3.32. The number of fused-ring (bicyclic) bond motifs is 1. The summed E-state index contributed by atoms with van der Waals surface area (Å²) in [6.07, 6.45) is 0.751. The summed E-state index contributed by atoms with van der Waals surface area (Å²) >= 11 is 1.62. The maximum absolute atomic E-state index is 11.7. The van der Waals surface area contributed by atoms with Crippen molar-refractivity contribution in [3.8, 4) is 10.8 Å². The molecule has 0 saturated heterocycles. The Morgan fingerprint density at radius 3 is 2.81 bits per heavy atom. The van der Waals surface area contributed by atoms with E-state index >= 15 is 0 Å². The van der Waals surface area contributed by atoms with Crippen LogP contribution in [0.15, 0.2) is 40.8 Å². The number of aromatic nitrogens is 1. The van der Waals surface area contributed by atoms with Crippen LogP contribution < -0.4 is 5.32 Å². The molecule has 0 amide bonds. The third kappa shape index (κ3) is 4.50. The summed E-state index contributed by atoms with van der Waals surface area (Å²) in [6, 6.07) is 11.9. The van der Waals surface area contributed by atoms with Gasteiger partial charge in [0.25, 0.3) is 0 Å². The van der Waals surface area contributed by atoms with Crippen molar-refractivity contribution in [2.24, 2.45) is 0 Å². The molecule has 0 aliphatic heterocycles. The summed E-state index contributed by atoms with van der Waals surface area (Å²) in [4.78, 5) is 4.60. The molecule has 0 unspecified atom stereocenters. The minimum Gasteiger partial charge on any atom is -0.457 e. The highest BCUT2D eigenvalue weighted by molar-refractivity contribution is 7.89. The fraction of sp³-hybridized carbons (Fsp3) is 0.389. The summed E-state index contributed by atoms with van der Waals surface area (Å²) in [5.41, 5.74) is 0.981. The number of rotatable bonds is 9. The molecule has 2 aromatic heterocycles. The molecule has 0 radical (unpaired) electrons. The van der Waals surface area contributed by atoms with E-state index in [1.807, 2.05) is 30.3 Å². The number of thiazole rings is 1. The Labute approximate surface area is 157 Å². The highest BCUT2D eigenvalue weighted by atomic mass is 32.2. The largest absolute Gasteiger partial charge is 0.457 e. The maximum Gasteiger partial charge on any atom is 0.213 e. The number of hydrogen-bond donors (Lipinski definition) is 1. The van der Waals surface area contributed by atoms with E-state index in [1.165, 1.54) is 4.31 Å². The minimum atomic E-state index is -3.09. The lowest BCUT2D eigenvalue weighted by molar-refractivity contribution is 0.445. The first-order valence-electron chi connectivity index (χ1n) is 8.59. The van der Waals surface area contributed by atoms with Gasteiger partial charge in [-0.2, -0.15) is 0 Å². The number of nitrogens with one attached hydrogen (secondary N) is 1. The fourth-order valence-electron chi connectivity index (χ4n) is 2.56. The summed E-state index contributed by atoms with van der Waals surface area (Å²) in [6.45, 7) is 3.50. The van der Waals surface area contributed by atoms with Gasteiger partial charge in [-0.3, -0.25) is 0 Å². The third-order valence-corrected chi connectivity index (χ3v) is 7.04. The van der Waals surface area contributed by atoms with Crippen LogP contribution in [-0.2, 0) is 16.6 Å². The molecule has 0 aliphatic carbocycles. The van der Waals surface area contributed by atoms with E-state index in [1.54, 1.807) is 25.3 Å². The first kappa shape index (κ1) is 19.0. The molecule has 1 aromatic carbocycles. The lowest BCUT2D eigenvalue weighted by Gasteiger charge is -2.15. The highest BCUT2D eigenvalue weighted by Crippen LogP contribution is 2.31. The van der Waals surface area contributed by atoms with Crippen LogP contribution in [0.1, 0.15) is 19.1 Å². The second-order valence-electron chi connectivity index (χ2n) is 6.01. The molecule has 0 bridgehead atoms. The lowest BCUT2D eigenvalue weighted by Crippen LogP contribution is -2.31. The average Bonchev–Trinajstić information content (AvgIpc) is 3.27. The van der Waals surface area contributed by atoms with Crippen LogP contribution in [0.4, 0.5) is 0 Å². The van der Waals surface area contributed by atoms with E-state index in [9.17, 15) is 8.42 Å². The molecular formula is C18H23N3O3S2. The Morgan fingerprint density at radius 1 is 1.23 bits per heavy atom. The summed E-state index contributed by atoms with van der Waals surface area (Å²) in [5.74, 6) is 1.75. The summed E-state index contributed by atoms with van der Waals surface area (Å²) < 4.78 is 31.8. The van der Waals surface area contributed by atoms with Gasteiger partial charge in [-0.1, -0.05) is 12.1 Å². The predicted molar refractivity (Wildman–Crippen MR) is 106 cm³/mol. The van der Waals surface area contributed by atoms with Crippen LogP contribution in [0.2, 0.25) is 0 Å². The van der Waals surface area contributed by atoms with Gasteiger partial charge >= 0.3 is 0 Å². The molecule has 0 fully saturated rings. The minimum absolute atomic E-state index is 0.137. The van der Waals surface area contributed by atoms with Crippen molar-refractivity contribution >= 4 is 31.6 Å². The Morgan fingerprint density at radius 2 is 2.04 bits per heavy atom. The van der Waals surface area contributed by atoms with Gasteiger partial charge in [-0.25, -0.2) is 17.7 Å². The normalized spacial score (nSPS) is 12.3. The molecule has 3 aromatic rings.